The molecule has 1 aliphatic heterocycles. The van der Waals surface area contributed by atoms with Gasteiger partial charge in [-0.25, -0.2) is 0 Å². The quantitative estimate of drug-likeness (QED) is 0.160. The molecule has 0 aliphatic carbocycles. The second kappa shape index (κ2) is 11.7. The zero-order valence-electron chi connectivity index (χ0n) is 16.1. The third kappa shape index (κ3) is 6.80. The Labute approximate surface area is 166 Å². The van der Waals surface area contributed by atoms with E-state index in [9.17, 15) is 40.2 Å². The molecule has 0 aromatic heterocycles. The first-order valence-electron chi connectivity index (χ1n) is 8.97. The number of hydrogen-bond acceptors (Lipinski definition) is 11. The number of aliphatic hydroxyl groups excluding tert-OH is 7. The maximum Gasteiger partial charge on any atom is 0.217 e. The Kier molecular flexibility index (Phi) is 10.3. The Hall–Kier alpha value is -1.42. The molecule has 29 heavy (non-hydrogen) atoms. The van der Waals surface area contributed by atoms with E-state index in [-0.39, 0.29) is 0 Å². The van der Waals surface area contributed by atoms with Gasteiger partial charge in [0.15, 0.2) is 6.29 Å². The van der Waals surface area contributed by atoms with Gasteiger partial charge in [0, 0.05) is 13.8 Å². The van der Waals surface area contributed by atoms with Gasteiger partial charge < -0.3 is 55.9 Å². The van der Waals surface area contributed by atoms with Gasteiger partial charge in [-0.15, -0.1) is 0 Å². The van der Waals surface area contributed by atoms with Gasteiger partial charge in [0.25, 0.3) is 0 Å². The van der Waals surface area contributed by atoms with Crippen molar-refractivity contribution < 1.29 is 54.8 Å². The summed E-state index contributed by atoms with van der Waals surface area (Å²) in [5, 5.41) is 73.1. The molecule has 0 bridgehead atoms. The van der Waals surface area contributed by atoms with Crippen LogP contribution in [0, 0.1) is 0 Å². The molecule has 2 amide bonds. The molecular formula is C16H30N2O11. The molecular weight excluding hydrogens is 396 g/mol. The lowest BCUT2D eigenvalue weighted by molar-refractivity contribution is -0.295. The van der Waals surface area contributed by atoms with Crippen LogP contribution in [0.2, 0.25) is 0 Å². The molecule has 170 valence electrons. The molecule has 0 spiro atoms. The highest BCUT2D eigenvalue weighted by Crippen LogP contribution is 2.25. The van der Waals surface area contributed by atoms with Crippen molar-refractivity contribution in [2.45, 2.75) is 68.8 Å². The van der Waals surface area contributed by atoms with Crippen molar-refractivity contribution in [2.24, 2.45) is 0 Å². The van der Waals surface area contributed by atoms with Crippen LogP contribution in [0.15, 0.2) is 0 Å². The second-order valence-electron chi connectivity index (χ2n) is 6.76. The lowest BCUT2D eigenvalue weighted by Gasteiger charge is -2.44. The zero-order chi connectivity index (χ0) is 22.3. The van der Waals surface area contributed by atoms with Crippen molar-refractivity contribution in [1.82, 2.24) is 10.6 Å². The van der Waals surface area contributed by atoms with E-state index in [2.05, 4.69) is 10.6 Å². The number of aliphatic hydroxyl groups is 7. The molecule has 9 atom stereocenters. The summed E-state index contributed by atoms with van der Waals surface area (Å²) in [6, 6.07) is -2.63. The fourth-order valence-corrected chi connectivity index (χ4v) is 2.97. The van der Waals surface area contributed by atoms with Gasteiger partial charge in [-0.1, -0.05) is 0 Å². The molecule has 13 heteroatoms. The van der Waals surface area contributed by atoms with Crippen molar-refractivity contribution in [3.63, 3.8) is 0 Å². The molecule has 0 aromatic rings. The number of hydrogen-bond donors (Lipinski definition) is 9. The van der Waals surface area contributed by atoms with Gasteiger partial charge in [-0.05, 0) is 0 Å². The number of amides is 2. The van der Waals surface area contributed by atoms with Crippen LogP contribution >= 0.6 is 0 Å². The second-order valence-corrected chi connectivity index (χ2v) is 6.76. The minimum Gasteiger partial charge on any atom is -0.394 e. The normalized spacial score (nSPS) is 31.4. The molecule has 1 fully saturated rings. The first-order chi connectivity index (χ1) is 13.6. The summed E-state index contributed by atoms with van der Waals surface area (Å²) in [6.45, 7) is -0.0732. The Morgan fingerprint density at radius 1 is 1.03 bits per heavy atom. The SMILES string of the molecule is CC(=O)NC(CO)C(O[C@@H]1O[C@H](CO)[C@H](O)C(O)[C@H]1NC(C)=O)C(O)C(O)CO. The summed E-state index contributed by atoms with van der Waals surface area (Å²) in [7, 11) is 0. The Morgan fingerprint density at radius 2 is 1.66 bits per heavy atom. The molecule has 1 rings (SSSR count). The fourth-order valence-electron chi connectivity index (χ4n) is 2.97. The van der Waals surface area contributed by atoms with Crippen molar-refractivity contribution in [2.75, 3.05) is 19.8 Å². The summed E-state index contributed by atoms with van der Waals surface area (Å²) < 4.78 is 11.0. The van der Waals surface area contributed by atoms with Crippen LogP contribution in [-0.2, 0) is 19.1 Å². The van der Waals surface area contributed by atoms with E-state index in [0.717, 1.165) is 13.8 Å². The van der Waals surface area contributed by atoms with E-state index in [0.29, 0.717) is 0 Å². The molecule has 0 radical (unpaired) electrons. The molecule has 5 unspecified atom stereocenters. The van der Waals surface area contributed by atoms with Gasteiger partial charge in [0.2, 0.25) is 11.8 Å². The number of rotatable bonds is 10. The average Bonchev–Trinajstić information content (AvgIpc) is 2.67. The standard InChI is InChI=1S/C16H30N2O11/c1-6(22)17-8(3-19)15(12(25)9(24)4-20)29-16-11(18-7(2)23)14(27)13(26)10(5-21)28-16/h8-16,19-21,24-27H,3-5H2,1-2H3,(H,17,22)(H,18,23)/t8?,9?,10-,11-,12?,13+,14?,15?,16+/m1/s1. The molecule has 0 aromatic carbocycles. The van der Waals surface area contributed by atoms with Crippen molar-refractivity contribution in [3.05, 3.63) is 0 Å². The van der Waals surface area contributed by atoms with E-state index in [1.807, 2.05) is 0 Å². The van der Waals surface area contributed by atoms with Crippen LogP contribution in [0.5, 0.6) is 0 Å². The summed E-state index contributed by atoms with van der Waals surface area (Å²) >= 11 is 0. The van der Waals surface area contributed by atoms with E-state index >= 15 is 0 Å². The molecule has 1 aliphatic rings. The fraction of sp³-hybridized carbons (Fsp3) is 0.875. The third-order valence-electron chi connectivity index (χ3n) is 4.44. The van der Waals surface area contributed by atoms with Gasteiger partial charge in [-0.2, -0.15) is 0 Å². The summed E-state index contributed by atoms with van der Waals surface area (Å²) in [5.74, 6) is -1.22. The van der Waals surface area contributed by atoms with E-state index in [4.69, 9.17) is 14.6 Å². The van der Waals surface area contributed by atoms with Gasteiger partial charge in [0.05, 0.1) is 25.9 Å². The molecule has 0 saturated carbocycles. The number of carbonyl (C=O) groups is 2. The minimum atomic E-state index is -1.83. The summed E-state index contributed by atoms with van der Waals surface area (Å²) in [5.41, 5.74) is 0. The van der Waals surface area contributed by atoms with E-state index < -0.39 is 86.6 Å². The monoisotopic (exact) mass is 426 g/mol. The lowest BCUT2D eigenvalue weighted by atomic mass is 9.96. The van der Waals surface area contributed by atoms with Gasteiger partial charge in [0.1, 0.15) is 42.7 Å². The largest absolute Gasteiger partial charge is 0.394 e. The van der Waals surface area contributed by atoms with Crippen LogP contribution < -0.4 is 10.6 Å². The number of nitrogens with one attached hydrogen (secondary N) is 2. The summed E-state index contributed by atoms with van der Waals surface area (Å²) in [4.78, 5) is 22.9. The van der Waals surface area contributed by atoms with Crippen molar-refractivity contribution in [1.29, 1.82) is 0 Å². The first kappa shape index (κ1) is 25.6. The van der Waals surface area contributed by atoms with Crippen molar-refractivity contribution in [3.8, 4) is 0 Å². The van der Waals surface area contributed by atoms with Crippen LogP contribution in [0.4, 0.5) is 0 Å². The lowest BCUT2D eigenvalue weighted by Crippen LogP contribution is -2.66. The average molecular weight is 426 g/mol. The van der Waals surface area contributed by atoms with Crippen LogP contribution in [-0.4, -0.2) is 122 Å². The molecule has 9 N–H and O–H groups in total. The molecule has 1 saturated heterocycles. The highest BCUT2D eigenvalue weighted by Gasteiger charge is 2.48. The minimum absolute atomic E-state index is 0.602. The molecule has 13 nitrogen and oxygen atoms in total. The Morgan fingerprint density at radius 3 is 2.10 bits per heavy atom. The first-order valence-corrected chi connectivity index (χ1v) is 8.97. The molecule has 1 heterocycles. The maximum absolute atomic E-state index is 11.5. The number of ether oxygens (including phenoxy) is 2. The van der Waals surface area contributed by atoms with Crippen molar-refractivity contribution >= 4 is 11.8 Å². The predicted octanol–water partition coefficient (Wildman–Crippen LogP) is -5.47. The highest BCUT2D eigenvalue weighted by molar-refractivity contribution is 5.73. The maximum atomic E-state index is 11.5. The third-order valence-corrected chi connectivity index (χ3v) is 4.44. The van der Waals surface area contributed by atoms with E-state index in [1.54, 1.807) is 0 Å². The Balaban J connectivity index is 3.21. The predicted molar refractivity (Wildman–Crippen MR) is 94.0 cm³/mol. The van der Waals surface area contributed by atoms with Crippen LogP contribution in [0.3, 0.4) is 0 Å². The van der Waals surface area contributed by atoms with Crippen LogP contribution in [0.25, 0.3) is 0 Å². The van der Waals surface area contributed by atoms with E-state index in [1.165, 1.54) is 0 Å². The van der Waals surface area contributed by atoms with Crippen LogP contribution in [0.1, 0.15) is 13.8 Å². The smallest absolute Gasteiger partial charge is 0.217 e. The summed E-state index contributed by atoms with van der Waals surface area (Å²) in [6.07, 6.45) is -11.2. The number of carbonyl (C=O) groups excluding carboxylic acids is 2. The van der Waals surface area contributed by atoms with Gasteiger partial charge in [-0.3, -0.25) is 9.59 Å². The zero-order valence-corrected chi connectivity index (χ0v) is 16.1. The topological polar surface area (TPSA) is 218 Å². The van der Waals surface area contributed by atoms with Gasteiger partial charge >= 0.3 is 0 Å². The Bertz CT molecular complexity index is 537. The highest BCUT2D eigenvalue weighted by atomic mass is 16.7.